The van der Waals surface area contributed by atoms with Crippen LogP contribution in [0.2, 0.25) is 0 Å². The summed E-state index contributed by atoms with van der Waals surface area (Å²) in [6.45, 7) is 6.70. The standard InChI is InChI=1S/C14H21FN2O2/c1-4-17(5-2)14(18)9-19-11-6-7-12(10(3)16)13(15)8-11/h6-8,10H,4-5,9,16H2,1-3H3/t10-/m0/s1. The van der Waals surface area contributed by atoms with E-state index in [1.165, 1.54) is 6.07 Å². The van der Waals surface area contributed by atoms with Gasteiger partial charge in [0.2, 0.25) is 0 Å². The molecule has 19 heavy (non-hydrogen) atoms. The van der Waals surface area contributed by atoms with Crippen LogP contribution in [-0.2, 0) is 4.79 Å². The number of benzene rings is 1. The Bertz CT molecular complexity index is 431. The first-order chi connectivity index (χ1) is 8.99. The lowest BCUT2D eigenvalue weighted by Crippen LogP contribution is -2.34. The van der Waals surface area contributed by atoms with Gasteiger partial charge in [-0.1, -0.05) is 6.07 Å². The third kappa shape index (κ3) is 4.21. The van der Waals surface area contributed by atoms with Gasteiger partial charge in [-0.05, 0) is 26.8 Å². The zero-order chi connectivity index (χ0) is 14.4. The number of nitrogens with zero attached hydrogens (tertiary/aromatic N) is 1. The summed E-state index contributed by atoms with van der Waals surface area (Å²) in [5.41, 5.74) is 6.05. The smallest absolute Gasteiger partial charge is 0.260 e. The summed E-state index contributed by atoms with van der Waals surface area (Å²) in [5.74, 6) is -0.188. The number of carbonyl (C=O) groups excluding carboxylic acids is 1. The van der Waals surface area contributed by atoms with Gasteiger partial charge in [0.1, 0.15) is 11.6 Å². The summed E-state index contributed by atoms with van der Waals surface area (Å²) in [6, 6.07) is 4.09. The topological polar surface area (TPSA) is 55.6 Å². The Morgan fingerprint density at radius 1 is 1.42 bits per heavy atom. The molecule has 2 N–H and O–H groups in total. The maximum absolute atomic E-state index is 13.7. The molecular weight excluding hydrogens is 247 g/mol. The molecule has 0 unspecified atom stereocenters. The minimum absolute atomic E-state index is 0.0847. The fourth-order valence-electron chi connectivity index (χ4n) is 1.78. The summed E-state index contributed by atoms with van der Waals surface area (Å²) >= 11 is 0. The monoisotopic (exact) mass is 268 g/mol. The van der Waals surface area contributed by atoms with Crippen molar-refractivity contribution in [1.82, 2.24) is 4.90 Å². The molecule has 1 aromatic carbocycles. The maximum atomic E-state index is 13.7. The molecule has 0 aromatic heterocycles. The van der Waals surface area contributed by atoms with E-state index in [2.05, 4.69) is 0 Å². The molecule has 0 aliphatic carbocycles. The second kappa shape index (κ2) is 7.09. The van der Waals surface area contributed by atoms with Crippen LogP contribution in [0, 0.1) is 5.82 Å². The Balaban J connectivity index is 2.64. The summed E-state index contributed by atoms with van der Waals surface area (Å²) in [4.78, 5) is 13.4. The Labute approximate surface area is 113 Å². The predicted octanol–water partition coefficient (Wildman–Crippen LogP) is 2.09. The molecule has 0 aliphatic rings. The van der Waals surface area contributed by atoms with E-state index in [1.807, 2.05) is 13.8 Å². The highest BCUT2D eigenvalue weighted by molar-refractivity contribution is 5.77. The number of carbonyl (C=O) groups is 1. The van der Waals surface area contributed by atoms with Gasteiger partial charge in [0.05, 0.1) is 0 Å². The summed E-state index contributed by atoms with van der Waals surface area (Å²) in [7, 11) is 0. The molecule has 0 fully saturated rings. The van der Waals surface area contributed by atoms with E-state index in [0.29, 0.717) is 24.4 Å². The zero-order valence-electron chi connectivity index (χ0n) is 11.6. The number of likely N-dealkylation sites (N-methyl/N-ethyl adjacent to an activating group) is 1. The van der Waals surface area contributed by atoms with Gasteiger partial charge in [0.25, 0.3) is 5.91 Å². The van der Waals surface area contributed by atoms with Gasteiger partial charge < -0.3 is 15.4 Å². The van der Waals surface area contributed by atoms with Crippen molar-refractivity contribution < 1.29 is 13.9 Å². The zero-order valence-corrected chi connectivity index (χ0v) is 11.6. The highest BCUT2D eigenvalue weighted by Crippen LogP contribution is 2.20. The summed E-state index contributed by atoms with van der Waals surface area (Å²) < 4.78 is 19.0. The fraction of sp³-hybridized carbons (Fsp3) is 0.500. The third-order valence-electron chi connectivity index (χ3n) is 2.94. The fourth-order valence-corrected chi connectivity index (χ4v) is 1.78. The lowest BCUT2D eigenvalue weighted by molar-refractivity contribution is -0.132. The number of rotatable bonds is 6. The normalized spacial score (nSPS) is 12.1. The van der Waals surface area contributed by atoms with Crippen LogP contribution >= 0.6 is 0 Å². The van der Waals surface area contributed by atoms with E-state index in [-0.39, 0.29) is 18.6 Å². The lowest BCUT2D eigenvalue weighted by atomic mass is 10.1. The van der Waals surface area contributed by atoms with Crippen molar-refractivity contribution in [2.75, 3.05) is 19.7 Å². The SMILES string of the molecule is CCN(CC)C(=O)COc1ccc([C@H](C)N)c(F)c1. The van der Waals surface area contributed by atoms with E-state index in [0.717, 1.165) is 0 Å². The molecule has 0 spiro atoms. The Morgan fingerprint density at radius 2 is 2.05 bits per heavy atom. The molecule has 0 aliphatic heterocycles. The van der Waals surface area contributed by atoms with E-state index in [9.17, 15) is 9.18 Å². The van der Waals surface area contributed by atoms with Crippen LogP contribution in [0.15, 0.2) is 18.2 Å². The first-order valence-corrected chi connectivity index (χ1v) is 6.45. The molecule has 5 heteroatoms. The molecule has 0 heterocycles. The van der Waals surface area contributed by atoms with Crippen molar-refractivity contribution >= 4 is 5.91 Å². The molecule has 1 rings (SSSR count). The van der Waals surface area contributed by atoms with E-state index < -0.39 is 5.82 Å². The van der Waals surface area contributed by atoms with Crippen LogP contribution < -0.4 is 10.5 Å². The number of amides is 1. The van der Waals surface area contributed by atoms with Crippen LogP contribution in [-0.4, -0.2) is 30.5 Å². The van der Waals surface area contributed by atoms with E-state index in [4.69, 9.17) is 10.5 Å². The molecular formula is C14H21FN2O2. The minimum Gasteiger partial charge on any atom is -0.484 e. The Hall–Kier alpha value is -1.62. The first kappa shape index (κ1) is 15.4. The van der Waals surface area contributed by atoms with Gasteiger partial charge in [-0.15, -0.1) is 0 Å². The van der Waals surface area contributed by atoms with Crippen molar-refractivity contribution in [1.29, 1.82) is 0 Å². The molecule has 4 nitrogen and oxygen atoms in total. The number of hydrogen-bond acceptors (Lipinski definition) is 3. The Kier molecular flexibility index (Phi) is 5.76. The van der Waals surface area contributed by atoms with Crippen LogP contribution in [0.5, 0.6) is 5.75 Å². The van der Waals surface area contributed by atoms with E-state index >= 15 is 0 Å². The summed E-state index contributed by atoms with van der Waals surface area (Å²) in [6.07, 6.45) is 0. The van der Waals surface area contributed by atoms with Gasteiger partial charge in [-0.2, -0.15) is 0 Å². The second-order valence-electron chi connectivity index (χ2n) is 4.33. The Morgan fingerprint density at radius 3 is 2.53 bits per heavy atom. The number of halogens is 1. The van der Waals surface area contributed by atoms with Gasteiger partial charge in [-0.3, -0.25) is 4.79 Å². The molecule has 0 radical (unpaired) electrons. The number of nitrogens with two attached hydrogens (primary N) is 1. The minimum atomic E-state index is -0.414. The van der Waals surface area contributed by atoms with Gasteiger partial charge in [0, 0.05) is 30.8 Å². The van der Waals surface area contributed by atoms with Crippen molar-refractivity contribution in [3.8, 4) is 5.75 Å². The molecule has 1 atom stereocenters. The van der Waals surface area contributed by atoms with Gasteiger partial charge >= 0.3 is 0 Å². The molecule has 0 saturated heterocycles. The number of ether oxygens (including phenoxy) is 1. The molecule has 0 bridgehead atoms. The van der Waals surface area contributed by atoms with E-state index in [1.54, 1.807) is 24.0 Å². The van der Waals surface area contributed by atoms with Crippen LogP contribution in [0.3, 0.4) is 0 Å². The predicted molar refractivity (Wildman–Crippen MR) is 72.4 cm³/mol. The quantitative estimate of drug-likeness (QED) is 0.859. The lowest BCUT2D eigenvalue weighted by Gasteiger charge is -2.18. The van der Waals surface area contributed by atoms with Crippen LogP contribution in [0.1, 0.15) is 32.4 Å². The molecule has 1 aromatic rings. The number of hydrogen-bond donors (Lipinski definition) is 1. The third-order valence-corrected chi connectivity index (χ3v) is 2.94. The highest BCUT2D eigenvalue weighted by atomic mass is 19.1. The first-order valence-electron chi connectivity index (χ1n) is 6.45. The average molecular weight is 268 g/mol. The molecule has 0 saturated carbocycles. The van der Waals surface area contributed by atoms with Crippen molar-refractivity contribution in [2.45, 2.75) is 26.8 Å². The van der Waals surface area contributed by atoms with Gasteiger partial charge in [0.15, 0.2) is 6.61 Å². The van der Waals surface area contributed by atoms with Crippen LogP contribution in [0.25, 0.3) is 0 Å². The van der Waals surface area contributed by atoms with Crippen molar-refractivity contribution in [3.63, 3.8) is 0 Å². The van der Waals surface area contributed by atoms with Crippen molar-refractivity contribution in [2.24, 2.45) is 5.73 Å². The maximum Gasteiger partial charge on any atom is 0.260 e. The highest BCUT2D eigenvalue weighted by Gasteiger charge is 2.12. The molecule has 1 amide bonds. The van der Waals surface area contributed by atoms with Crippen molar-refractivity contribution in [3.05, 3.63) is 29.6 Å². The largest absolute Gasteiger partial charge is 0.484 e. The van der Waals surface area contributed by atoms with Crippen LogP contribution in [0.4, 0.5) is 4.39 Å². The molecule has 106 valence electrons. The average Bonchev–Trinajstić information content (AvgIpc) is 2.37. The summed E-state index contributed by atoms with van der Waals surface area (Å²) in [5, 5.41) is 0. The van der Waals surface area contributed by atoms with Gasteiger partial charge in [-0.25, -0.2) is 4.39 Å². The second-order valence-corrected chi connectivity index (χ2v) is 4.33.